The van der Waals surface area contributed by atoms with Crippen molar-refractivity contribution in [2.24, 2.45) is 4.99 Å². The van der Waals surface area contributed by atoms with Gasteiger partial charge in [0, 0.05) is 38.0 Å². The van der Waals surface area contributed by atoms with Crippen LogP contribution in [0.4, 0.5) is 11.4 Å². The Hall–Kier alpha value is -4.28. The van der Waals surface area contributed by atoms with Crippen LogP contribution < -0.4 is 15.0 Å². The van der Waals surface area contributed by atoms with Gasteiger partial charge in [0.05, 0.1) is 4.90 Å². The summed E-state index contributed by atoms with van der Waals surface area (Å²) in [5.74, 6) is -0.718. The third-order valence-electron chi connectivity index (χ3n) is 5.30. The molecule has 3 aromatic rings. The molecule has 2 amide bonds. The van der Waals surface area contributed by atoms with Crippen LogP contribution in [0.15, 0.2) is 94.4 Å². The van der Waals surface area contributed by atoms with Gasteiger partial charge in [0.1, 0.15) is 5.70 Å². The number of hydrogen-bond acceptors (Lipinski definition) is 6. The van der Waals surface area contributed by atoms with Gasteiger partial charge in [0.15, 0.2) is 5.84 Å². The second kappa shape index (κ2) is 10.1. The van der Waals surface area contributed by atoms with Crippen molar-refractivity contribution in [1.82, 2.24) is 9.84 Å². The van der Waals surface area contributed by atoms with E-state index in [2.05, 4.69) is 15.1 Å². The summed E-state index contributed by atoms with van der Waals surface area (Å²) in [7, 11) is -0.281. The van der Waals surface area contributed by atoms with Crippen molar-refractivity contribution >= 4 is 45.1 Å². The quantitative estimate of drug-likeness (QED) is 0.481. The molecule has 0 aromatic heterocycles. The minimum Gasteiger partial charge on any atom is -0.378 e. The second-order valence-electron chi connectivity index (χ2n) is 8.26. The van der Waals surface area contributed by atoms with E-state index < -0.39 is 15.9 Å². The molecule has 10 heteroatoms. The van der Waals surface area contributed by atoms with Crippen LogP contribution in [0.25, 0.3) is 6.08 Å². The molecule has 0 aliphatic carbocycles. The average molecular weight is 504 g/mol. The Bertz CT molecular complexity index is 1450. The maximum absolute atomic E-state index is 13.3. The molecule has 9 nitrogen and oxygen atoms in total. The molecule has 2 N–H and O–H groups in total. The van der Waals surface area contributed by atoms with Gasteiger partial charge in [-0.05, 0) is 48.0 Å². The lowest BCUT2D eigenvalue weighted by atomic mass is 10.1. The first-order chi connectivity index (χ1) is 17.1. The van der Waals surface area contributed by atoms with E-state index in [1.165, 1.54) is 31.2 Å². The molecular weight excluding hydrogens is 478 g/mol. The van der Waals surface area contributed by atoms with E-state index >= 15 is 0 Å². The molecule has 0 radical (unpaired) electrons. The summed E-state index contributed by atoms with van der Waals surface area (Å²) in [4.78, 5) is 33.3. The number of rotatable bonds is 7. The summed E-state index contributed by atoms with van der Waals surface area (Å²) in [6.45, 7) is 1.36. The predicted molar refractivity (Wildman–Crippen MR) is 140 cm³/mol. The van der Waals surface area contributed by atoms with E-state index in [-0.39, 0.29) is 22.3 Å². The zero-order chi connectivity index (χ0) is 25.9. The van der Waals surface area contributed by atoms with Gasteiger partial charge in [0.25, 0.3) is 15.9 Å². The number of hydrazine groups is 1. The lowest BCUT2D eigenvalue weighted by Crippen LogP contribution is -2.47. The number of carbonyl (C=O) groups is 2. The van der Waals surface area contributed by atoms with Crippen molar-refractivity contribution in [3.8, 4) is 0 Å². The van der Waals surface area contributed by atoms with Crippen molar-refractivity contribution in [3.63, 3.8) is 0 Å². The number of sulfonamides is 1. The topological polar surface area (TPSA) is 111 Å². The summed E-state index contributed by atoms with van der Waals surface area (Å²) < 4.78 is 26.3. The van der Waals surface area contributed by atoms with Gasteiger partial charge < -0.3 is 10.2 Å². The maximum atomic E-state index is 13.3. The van der Waals surface area contributed by atoms with Crippen LogP contribution in [-0.2, 0) is 19.6 Å². The highest BCUT2D eigenvalue weighted by Crippen LogP contribution is 2.23. The van der Waals surface area contributed by atoms with Gasteiger partial charge in [-0.3, -0.25) is 9.59 Å². The van der Waals surface area contributed by atoms with E-state index in [1.54, 1.807) is 30.3 Å². The Morgan fingerprint density at radius 2 is 1.58 bits per heavy atom. The molecule has 0 fully saturated rings. The van der Waals surface area contributed by atoms with Crippen LogP contribution in [0.3, 0.4) is 0 Å². The highest BCUT2D eigenvalue weighted by atomic mass is 32.2. The monoisotopic (exact) mass is 503 g/mol. The molecule has 36 heavy (non-hydrogen) atoms. The fourth-order valence-corrected chi connectivity index (χ4v) is 4.51. The first-order valence-corrected chi connectivity index (χ1v) is 12.5. The van der Waals surface area contributed by atoms with E-state index in [9.17, 15) is 18.0 Å². The van der Waals surface area contributed by atoms with Crippen molar-refractivity contribution in [1.29, 1.82) is 0 Å². The van der Waals surface area contributed by atoms with Crippen molar-refractivity contribution < 1.29 is 18.0 Å². The molecule has 1 heterocycles. The Morgan fingerprint density at radius 1 is 0.944 bits per heavy atom. The average Bonchev–Trinajstić information content (AvgIpc) is 3.14. The molecule has 184 valence electrons. The molecule has 0 atom stereocenters. The van der Waals surface area contributed by atoms with Crippen molar-refractivity contribution in [2.75, 3.05) is 24.3 Å². The van der Waals surface area contributed by atoms with Crippen LogP contribution >= 0.6 is 0 Å². The smallest absolute Gasteiger partial charge is 0.293 e. The number of aliphatic imine (C=N–C) groups is 1. The third-order valence-corrected chi connectivity index (χ3v) is 6.62. The van der Waals surface area contributed by atoms with Gasteiger partial charge in [-0.1, -0.05) is 42.5 Å². The minimum atomic E-state index is -4.15. The molecule has 0 saturated heterocycles. The van der Waals surface area contributed by atoms with Crippen LogP contribution in [-0.4, -0.2) is 45.2 Å². The normalized spacial score (nSPS) is 14.6. The first-order valence-electron chi connectivity index (χ1n) is 11.0. The Labute approximate surface area is 209 Å². The Balaban J connectivity index is 1.66. The number of carbonyl (C=O) groups excluding carboxylic acids is 2. The number of amides is 2. The summed E-state index contributed by atoms with van der Waals surface area (Å²) in [6.07, 6.45) is 1.61. The van der Waals surface area contributed by atoms with E-state index in [0.717, 1.165) is 16.3 Å². The Kier molecular flexibility index (Phi) is 7.00. The number of benzene rings is 3. The zero-order valence-corrected chi connectivity index (χ0v) is 20.8. The summed E-state index contributed by atoms with van der Waals surface area (Å²) >= 11 is 0. The number of hydrogen-bond donors (Lipinski definition) is 2. The van der Waals surface area contributed by atoms with Gasteiger partial charge in [-0.25, -0.2) is 18.4 Å². The van der Waals surface area contributed by atoms with E-state index in [0.29, 0.717) is 11.3 Å². The number of anilines is 2. The van der Waals surface area contributed by atoms with Crippen molar-refractivity contribution in [2.45, 2.75) is 11.8 Å². The standard InChI is InChI=1S/C26H25N5O4S/c1-18(32)27-21-11-15-23(16-12-21)36(34,35)29-31-25(20-7-5-4-6-8-20)28-24(26(31)33)17-19-9-13-22(14-10-19)30(2)3/h4-17,29H,1-3H3,(H,27,32)/b24-17+. The largest absolute Gasteiger partial charge is 0.378 e. The van der Waals surface area contributed by atoms with Crippen LogP contribution in [0.1, 0.15) is 18.1 Å². The van der Waals surface area contributed by atoms with Gasteiger partial charge in [-0.2, -0.15) is 0 Å². The lowest BCUT2D eigenvalue weighted by Gasteiger charge is -2.19. The summed E-state index contributed by atoms with van der Waals surface area (Å²) in [5, 5.41) is 3.52. The zero-order valence-electron chi connectivity index (χ0n) is 20.0. The number of nitrogens with one attached hydrogen (secondary N) is 2. The first kappa shape index (κ1) is 24.8. The molecule has 1 aliphatic rings. The van der Waals surface area contributed by atoms with Crippen LogP contribution in [0, 0.1) is 0 Å². The molecule has 1 aliphatic heterocycles. The second-order valence-corrected chi connectivity index (χ2v) is 9.92. The number of amidine groups is 1. The van der Waals surface area contributed by atoms with Gasteiger partial charge in [0.2, 0.25) is 5.91 Å². The van der Waals surface area contributed by atoms with Gasteiger partial charge >= 0.3 is 0 Å². The summed E-state index contributed by atoms with van der Waals surface area (Å²) in [6, 6.07) is 22.0. The number of nitrogens with zero attached hydrogens (tertiary/aromatic N) is 3. The third kappa shape index (κ3) is 5.51. The highest BCUT2D eigenvalue weighted by molar-refractivity contribution is 7.89. The van der Waals surface area contributed by atoms with E-state index in [1.807, 2.05) is 49.3 Å². The van der Waals surface area contributed by atoms with Crippen molar-refractivity contribution in [3.05, 3.63) is 95.7 Å². The molecular formula is C26H25N5O4S. The maximum Gasteiger partial charge on any atom is 0.293 e. The molecule has 0 spiro atoms. The SMILES string of the molecule is CC(=O)Nc1ccc(S(=O)(=O)NN2C(=O)/C(=C\c3ccc(N(C)C)cc3)N=C2c2ccccc2)cc1. The molecule has 0 bridgehead atoms. The molecule has 4 rings (SSSR count). The fourth-order valence-electron chi connectivity index (χ4n) is 3.50. The molecule has 0 unspecified atom stereocenters. The summed E-state index contributed by atoms with van der Waals surface area (Å²) in [5.41, 5.74) is 2.87. The molecule has 3 aromatic carbocycles. The van der Waals surface area contributed by atoms with Crippen LogP contribution in [0.2, 0.25) is 0 Å². The van der Waals surface area contributed by atoms with Gasteiger partial charge in [-0.15, -0.1) is 4.83 Å². The highest BCUT2D eigenvalue weighted by Gasteiger charge is 2.34. The fraction of sp³-hybridized carbons (Fsp3) is 0.115. The molecule has 0 saturated carbocycles. The van der Waals surface area contributed by atoms with Crippen LogP contribution in [0.5, 0.6) is 0 Å². The Morgan fingerprint density at radius 3 is 2.17 bits per heavy atom. The van der Waals surface area contributed by atoms with E-state index in [4.69, 9.17) is 0 Å². The predicted octanol–water partition coefficient (Wildman–Crippen LogP) is 3.23. The minimum absolute atomic E-state index is 0.0754. The lowest BCUT2D eigenvalue weighted by molar-refractivity contribution is -0.123.